The van der Waals surface area contributed by atoms with Gasteiger partial charge in [0.05, 0.1) is 28.2 Å². The summed E-state index contributed by atoms with van der Waals surface area (Å²) in [6, 6.07) is 14.5. The van der Waals surface area contributed by atoms with Crippen LogP contribution in [-0.4, -0.2) is 27.3 Å². The van der Waals surface area contributed by atoms with Crippen molar-refractivity contribution in [3.63, 3.8) is 0 Å². The lowest BCUT2D eigenvalue weighted by molar-refractivity contribution is 0.581. The van der Waals surface area contributed by atoms with E-state index in [1.165, 1.54) is 21.3 Å². The third kappa shape index (κ3) is 4.06. The summed E-state index contributed by atoms with van der Waals surface area (Å²) in [6.45, 7) is 4.76. The number of aryl methyl sites for hydroxylation is 4. The minimum absolute atomic E-state index is 0.125. The summed E-state index contributed by atoms with van der Waals surface area (Å²) in [5.41, 5.74) is 5.01. The predicted octanol–water partition coefficient (Wildman–Crippen LogP) is 2.22. The van der Waals surface area contributed by atoms with Crippen LogP contribution in [0, 0.1) is 13.8 Å². The Morgan fingerprint density at radius 1 is 0.935 bits per heavy atom. The molecule has 0 aliphatic heterocycles. The fraction of sp³-hybridized carbons (Fsp3) is 0.273. The zero-order chi connectivity index (χ0) is 22.3. The molecule has 4 aromatic rings. The van der Waals surface area contributed by atoms with Gasteiger partial charge in [0.1, 0.15) is 0 Å². The molecule has 0 saturated heterocycles. The van der Waals surface area contributed by atoms with Gasteiger partial charge in [0.15, 0.2) is 0 Å². The van der Waals surface area contributed by atoms with Crippen molar-refractivity contribution in [2.24, 2.45) is 14.1 Å². The fourth-order valence-electron chi connectivity index (χ4n) is 3.76. The molecule has 0 atom stereocenters. The number of nitrogens with one attached hydrogen (secondary N) is 1. The average molecular weight is 440 g/mol. The number of sulfonamides is 1. The van der Waals surface area contributed by atoms with E-state index in [0.717, 1.165) is 22.5 Å². The highest BCUT2D eigenvalue weighted by Gasteiger charge is 2.17. The van der Waals surface area contributed by atoms with Gasteiger partial charge in [0, 0.05) is 26.3 Å². The largest absolute Gasteiger partial charge is 0.328 e. The van der Waals surface area contributed by atoms with Gasteiger partial charge in [-0.1, -0.05) is 24.3 Å². The molecule has 0 aliphatic carbocycles. The first kappa shape index (κ1) is 21.1. The van der Waals surface area contributed by atoms with Gasteiger partial charge in [-0.3, -0.25) is 13.8 Å². The Labute approximate surface area is 180 Å². The maximum atomic E-state index is 12.9. The molecule has 162 valence electrons. The number of aromatic nitrogens is 4. The van der Waals surface area contributed by atoms with Crippen LogP contribution in [0.3, 0.4) is 0 Å². The number of benzene rings is 2. The topological polar surface area (TPSA) is 90.9 Å². The van der Waals surface area contributed by atoms with Crippen LogP contribution in [-0.2, 0) is 37.2 Å². The molecule has 31 heavy (non-hydrogen) atoms. The van der Waals surface area contributed by atoms with Gasteiger partial charge in [-0.05, 0) is 49.2 Å². The molecule has 2 heterocycles. The van der Waals surface area contributed by atoms with E-state index in [0.29, 0.717) is 17.6 Å². The lowest BCUT2D eigenvalue weighted by atomic mass is 10.1. The minimum atomic E-state index is -3.74. The molecule has 0 bridgehead atoms. The highest BCUT2D eigenvalue weighted by Crippen LogP contribution is 2.18. The molecular weight excluding hydrogens is 414 g/mol. The molecule has 0 radical (unpaired) electrons. The molecule has 8 nitrogen and oxygen atoms in total. The van der Waals surface area contributed by atoms with Crippen molar-refractivity contribution in [2.75, 3.05) is 0 Å². The van der Waals surface area contributed by atoms with E-state index in [9.17, 15) is 13.2 Å². The SMILES string of the molecule is Cc1cc(C)n(Cc2cccc(CNS(=O)(=O)c3ccc4c(c3)n(C)c(=O)n4C)c2)n1. The first-order valence-electron chi connectivity index (χ1n) is 9.90. The van der Waals surface area contributed by atoms with Crippen molar-refractivity contribution in [3.05, 3.63) is 81.5 Å². The second-order valence-electron chi connectivity index (χ2n) is 7.78. The van der Waals surface area contributed by atoms with Crippen LogP contribution in [0.5, 0.6) is 0 Å². The smallest absolute Gasteiger partial charge is 0.295 e. The molecule has 0 saturated carbocycles. The fourth-order valence-corrected chi connectivity index (χ4v) is 4.80. The summed E-state index contributed by atoms with van der Waals surface area (Å²) in [5.74, 6) is 0. The normalized spacial score (nSPS) is 12.0. The van der Waals surface area contributed by atoms with Gasteiger partial charge < -0.3 is 0 Å². The molecule has 2 aromatic heterocycles. The van der Waals surface area contributed by atoms with E-state index >= 15 is 0 Å². The summed E-state index contributed by atoms with van der Waals surface area (Å²) in [7, 11) is -0.447. The van der Waals surface area contributed by atoms with Crippen molar-refractivity contribution in [1.29, 1.82) is 0 Å². The predicted molar refractivity (Wildman–Crippen MR) is 119 cm³/mol. The molecule has 0 aliphatic rings. The molecule has 0 unspecified atom stereocenters. The minimum Gasteiger partial charge on any atom is -0.295 e. The summed E-state index contributed by atoms with van der Waals surface area (Å²) < 4.78 is 33.2. The van der Waals surface area contributed by atoms with E-state index in [1.807, 2.05) is 48.9 Å². The highest BCUT2D eigenvalue weighted by atomic mass is 32.2. The molecule has 0 fully saturated rings. The van der Waals surface area contributed by atoms with E-state index < -0.39 is 10.0 Å². The lowest BCUT2D eigenvalue weighted by Gasteiger charge is -2.10. The summed E-state index contributed by atoms with van der Waals surface area (Å²) in [4.78, 5) is 12.2. The number of fused-ring (bicyclic) bond motifs is 1. The zero-order valence-corrected chi connectivity index (χ0v) is 18.8. The van der Waals surface area contributed by atoms with Crippen LogP contribution < -0.4 is 10.4 Å². The van der Waals surface area contributed by atoms with Crippen LogP contribution in [0.25, 0.3) is 11.0 Å². The highest BCUT2D eigenvalue weighted by molar-refractivity contribution is 7.89. The van der Waals surface area contributed by atoms with Gasteiger partial charge in [0.2, 0.25) is 10.0 Å². The Balaban J connectivity index is 1.53. The third-order valence-electron chi connectivity index (χ3n) is 5.45. The summed E-state index contributed by atoms with van der Waals surface area (Å²) in [5, 5.41) is 4.48. The number of nitrogens with zero attached hydrogens (tertiary/aromatic N) is 4. The van der Waals surface area contributed by atoms with Crippen molar-refractivity contribution in [2.45, 2.75) is 31.8 Å². The molecule has 0 amide bonds. The maximum Gasteiger partial charge on any atom is 0.328 e. The number of hydrogen-bond donors (Lipinski definition) is 1. The average Bonchev–Trinajstić information content (AvgIpc) is 3.17. The van der Waals surface area contributed by atoms with Crippen LogP contribution in [0.4, 0.5) is 0 Å². The summed E-state index contributed by atoms with van der Waals surface area (Å²) >= 11 is 0. The second-order valence-corrected chi connectivity index (χ2v) is 9.55. The zero-order valence-electron chi connectivity index (χ0n) is 18.0. The van der Waals surface area contributed by atoms with Crippen LogP contribution in [0.1, 0.15) is 22.5 Å². The van der Waals surface area contributed by atoms with E-state index in [-0.39, 0.29) is 17.1 Å². The monoisotopic (exact) mass is 439 g/mol. The summed E-state index contributed by atoms with van der Waals surface area (Å²) in [6.07, 6.45) is 0. The standard InChI is InChI=1S/C22H25N5O3S/c1-15-10-16(2)27(24-15)14-18-7-5-6-17(11-18)13-23-31(29,30)19-8-9-20-21(12-19)26(4)22(28)25(20)3/h5-12,23H,13-14H2,1-4H3. The van der Waals surface area contributed by atoms with Crippen molar-refractivity contribution in [1.82, 2.24) is 23.6 Å². The Hall–Kier alpha value is -3.17. The molecule has 9 heteroatoms. The Morgan fingerprint density at radius 3 is 2.35 bits per heavy atom. The van der Waals surface area contributed by atoms with Gasteiger partial charge in [-0.25, -0.2) is 17.9 Å². The maximum absolute atomic E-state index is 12.9. The third-order valence-corrected chi connectivity index (χ3v) is 6.85. The lowest BCUT2D eigenvalue weighted by Crippen LogP contribution is -2.23. The number of imidazole rings is 1. The van der Waals surface area contributed by atoms with Gasteiger partial charge >= 0.3 is 5.69 Å². The number of rotatable bonds is 6. The second kappa shape index (κ2) is 7.82. The Kier molecular flexibility index (Phi) is 5.32. The molecular formula is C22H25N5O3S. The first-order valence-corrected chi connectivity index (χ1v) is 11.4. The molecule has 4 rings (SSSR count). The quantitative estimate of drug-likeness (QED) is 0.499. The molecule has 1 N–H and O–H groups in total. The van der Waals surface area contributed by atoms with Crippen LogP contribution in [0.15, 0.2) is 58.2 Å². The van der Waals surface area contributed by atoms with Crippen LogP contribution >= 0.6 is 0 Å². The van der Waals surface area contributed by atoms with Gasteiger partial charge in [0.25, 0.3) is 0 Å². The van der Waals surface area contributed by atoms with E-state index in [4.69, 9.17) is 0 Å². The van der Waals surface area contributed by atoms with Crippen molar-refractivity contribution in [3.8, 4) is 0 Å². The molecule has 2 aromatic carbocycles. The van der Waals surface area contributed by atoms with Gasteiger partial charge in [-0.15, -0.1) is 0 Å². The Bertz CT molecular complexity index is 1440. The Morgan fingerprint density at radius 2 is 1.65 bits per heavy atom. The van der Waals surface area contributed by atoms with E-state index in [1.54, 1.807) is 20.2 Å². The van der Waals surface area contributed by atoms with Crippen molar-refractivity contribution >= 4 is 21.1 Å². The van der Waals surface area contributed by atoms with Gasteiger partial charge in [-0.2, -0.15) is 5.10 Å². The van der Waals surface area contributed by atoms with Crippen molar-refractivity contribution < 1.29 is 8.42 Å². The number of hydrogen-bond acceptors (Lipinski definition) is 4. The van der Waals surface area contributed by atoms with Crippen LogP contribution in [0.2, 0.25) is 0 Å². The molecule has 0 spiro atoms. The van der Waals surface area contributed by atoms with E-state index in [2.05, 4.69) is 9.82 Å². The first-order chi connectivity index (χ1) is 14.7.